The molecule has 0 bridgehead atoms. The predicted octanol–water partition coefficient (Wildman–Crippen LogP) is 3.11. The fraction of sp³-hybridized carbons (Fsp3) is 0.667. The number of halogens is 1. The maximum Gasteiger partial charge on any atom is 0.263 e. The minimum absolute atomic E-state index is 0. The van der Waals surface area contributed by atoms with E-state index in [1.54, 1.807) is 11.3 Å². The van der Waals surface area contributed by atoms with Gasteiger partial charge in [0.2, 0.25) is 0 Å². The summed E-state index contributed by atoms with van der Waals surface area (Å²) in [5, 5.41) is 0. The van der Waals surface area contributed by atoms with Crippen LogP contribution >= 0.6 is 23.7 Å². The molecule has 0 saturated carbocycles. The fourth-order valence-corrected chi connectivity index (χ4v) is 3.81. The van der Waals surface area contributed by atoms with Crippen molar-refractivity contribution in [2.45, 2.75) is 39.5 Å². The van der Waals surface area contributed by atoms with Crippen molar-refractivity contribution in [1.82, 2.24) is 4.90 Å². The van der Waals surface area contributed by atoms with Gasteiger partial charge in [-0.05, 0) is 49.3 Å². The molecule has 20 heavy (non-hydrogen) atoms. The van der Waals surface area contributed by atoms with Crippen LogP contribution in [0.5, 0.6) is 0 Å². The van der Waals surface area contributed by atoms with Crippen molar-refractivity contribution in [1.29, 1.82) is 0 Å². The van der Waals surface area contributed by atoms with E-state index in [1.807, 2.05) is 11.9 Å². The lowest BCUT2D eigenvalue weighted by Crippen LogP contribution is -2.39. The largest absolute Gasteiger partial charge is 0.340 e. The highest BCUT2D eigenvalue weighted by Crippen LogP contribution is 2.30. The van der Waals surface area contributed by atoms with E-state index >= 15 is 0 Å². The first-order valence-corrected chi connectivity index (χ1v) is 7.82. The van der Waals surface area contributed by atoms with Crippen molar-refractivity contribution in [2.75, 3.05) is 20.1 Å². The number of aryl methyl sites for hydroxylation is 2. The number of thiophene rings is 1. The van der Waals surface area contributed by atoms with Crippen molar-refractivity contribution in [2.24, 2.45) is 11.1 Å². The highest BCUT2D eigenvalue weighted by Gasteiger charge is 2.24. The van der Waals surface area contributed by atoms with Crippen LogP contribution in [0.1, 0.15) is 46.8 Å². The second-order valence-corrected chi connectivity index (χ2v) is 7.43. The Balaban J connectivity index is 0.00000200. The van der Waals surface area contributed by atoms with Gasteiger partial charge in [0.15, 0.2) is 0 Å². The minimum atomic E-state index is -0.0265. The summed E-state index contributed by atoms with van der Waals surface area (Å²) < 4.78 is 0. The average molecular weight is 317 g/mol. The van der Waals surface area contributed by atoms with Gasteiger partial charge in [0, 0.05) is 18.5 Å². The molecule has 2 rings (SSSR count). The molecule has 0 atom stereocenters. The molecule has 1 aromatic heterocycles. The Morgan fingerprint density at radius 2 is 2.05 bits per heavy atom. The normalized spacial score (nSPS) is 14.4. The van der Waals surface area contributed by atoms with Gasteiger partial charge in [0.25, 0.3) is 5.91 Å². The van der Waals surface area contributed by atoms with Gasteiger partial charge in [-0.2, -0.15) is 0 Å². The van der Waals surface area contributed by atoms with Crippen molar-refractivity contribution >= 4 is 29.7 Å². The molecule has 1 heterocycles. The molecular formula is C15H25ClN2OS. The van der Waals surface area contributed by atoms with E-state index in [4.69, 9.17) is 5.73 Å². The first-order valence-electron chi connectivity index (χ1n) is 7.00. The zero-order chi connectivity index (χ0) is 14.0. The molecule has 5 heteroatoms. The zero-order valence-electron chi connectivity index (χ0n) is 12.6. The van der Waals surface area contributed by atoms with Crippen LogP contribution < -0.4 is 5.73 Å². The van der Waals surface area contributed by atoms with Crippen LogP contribution in [-0.2, 0) is 12.8 Å². The topological polar surface area (TPSA) is 46.3 Å². The Hall–Kier alpha value is -0.580. The Bertz CT molecular complexity index is 447. The highest BCUT2D eigenvalue weighted by atomic mass is 35.5. The number of nitrogens with two attached hydrogens (primary N) is 1. The van der Waals surface area contributed by atoms with Crippen LogP contribution in [0.15, 0.2) is 6.07 Å². The lowest BCUT2D eigenvalue weighted by atomic mass is 9.93. The third-order valence-electron chi connectivity index (χ3n) is 3.77. The summed E-state index contributed by atoms with van der Waals surface area (Å²) in [4.78, 5) is 16.6. The summed E-state index contributed by atoms with van der Waals surface area (Å²) >= 11 is 1.68. The molecule has 2 N–H and O–H groups in total. The Kier molecular flexibility index (Phi) is 6.05. The molecule has 1 aromatic rings. The molecule has 0 unspecified atom stereocenters. The van der Waals surface area contributed by atoms with Crippen molar-refractivity contribution in [3.05, 3.63) is 21.4 Å². The van der Waals surface area contributed by atoms with Crippen LogP contribution in [0.2, 0.25) is 0 Å². The molecule has 1 aliphatic carbocycles. The number of hydrogen-bond donors (Lipinski definition) is 1. The van der Waals surface area contributed by atoms with E-state index in [0.717, 1.165) is 17.7 Å². The van der Waals surface area contributed by atoms with E-state index in [2.05, 4.69) is 19.9 Å². The molecule has 114 valence electrons. The summed E-state index contributed by atoms with van der Waals surface area (Å²) in [5.41, 5.74) is 7.11. The second kappa shape index (κ2) is 6.92. The summed E-state index contributed by atoms with van der Waals surface area (Å²) in [6, 6.07) is 2.10. The van der Waals surface area contributed by atoms with E-state index in [-0.39, 0.29) is 23.7 Å². The monoisotopic (exact) mass is 316 g/mol. The first-order chi connectivity index (χ1) is 8.93. The summed E-state index contributed by atoms with van der Waals surface area (Å²) in [6.07, 6.45) is 4.80. The third-order valence-corrected chi connectivity index (χ3v) is 5.00. The van der Waals surface area contributed by atoms with Gasteiger partial charge in [-0.15, -0.1) is 23.7 Å². The van der Waals surface area contributed by atoms with Crippen LogP contribution in [-0.4, -0.2) is 30.9 Å². The lowest BCUT2D eigenvalue weighted by molar-refractivity contribution is 0.0745. The molecule has 0 aromatic carbocycles. The third kappa shape index (κ3) is 3.96. The zero-order valence-corrected chi connectivity index (χ0v) is 14.2. The van der Waals surface area contributed by atoms with Crippen molar-refractivity contribution in [3.8, 4) is 0 Å². The quantitative estimate of drug-likeness (QED) is 0.927. The number of amides is 1. The first kappa shape index (κ1) is 17.5. The maximum absolute atomic E-state index is 12.5. The standard InChI is InChI=1S/C15H24N2OS.ClH/c1-15(2,9-16)10-17(3)14(18)13-8-11-6-4-5-7-12(11)19-13;/h8H,4-7,9-10,16H2,1-3H3;1H. The van der Waals surface area contributed by atoms with Gasteiger partial charge in [-0.1, -0.05) is 13.8 Å². The summed E-state index contributed by atoms with van der Waals surface area (Å²) in [7, 11) is 1.87. The summed E-state index contributed by atoms with van der Waals surface area (Å²) in [5.74, 6) is 0.140. The van der Waals surface area contributed by atoms with E-state index in [9.17, 15) is 4.79 Å². The smallest absolute Gasteiger partial charge is 0.263 e. The Morgan fingerprint density at radius 1 is 1.40 bits per heavy atom. The number of nitrogens with zero attached hydrogens (tertiary/aromatic N) is 1. The van der Waals surface area contributed by atoms with Gasteiger partial charge in [0.05, 0.1) is 4.88 Å². The molecular weight excluding hydrogens is 292 g/mol. The van der Waals surface area contributed by atoms with Crippen LogP contribution in [0.3, 0.4) is 0 Å². The highest BCUT2D eigenvalue weighted by molar-refractivity contribution is 7.14. The molecule has 0 aliphatic heterocycles. The summed E-state index contributed by atoms with van der Waals surface area (Å²) in [6.45, 7) is 5.48. The van der Waals surface area contributed by atoms with Crippen molar-refractivity contribution in [3.63, 3.8) is 0 Å². The van der Waals surface area contributed by atoms with Crippen molar-refractivity contribution < 1.29 is 4.79 Å². The molecule has 1 aliphatic rings. The van der Waals surface area contributed by atoms with Crippen LogP contribution in [0, 0.1) is 5.41 Å². The van der Waals surface area contributed by atoms with Gasteiger partial charge in [-0.25, -0.2) is 0 Å². The fourth-order valence-electron chi connectivity index (χ4n) is 2.56. The number of fused-ring (bicyclic) bond motifs is 1. The van der Waals surface area contributed by atoms with E-state index in [1.165, 1.54) is 23.3 Å². The number of rotatable bonds is 4. The molecule has 0 spiro atoms. The SMILES string of the molecule is CN(CC(C)(C)CN)C(=O)c1cc2c(s1)CCCC2.Cl. The maximum atomic E-state index is 12.5. The van der Waals surface area contributed by atoms with Gasteiger partial charge in [-0.3, -0.25) is 4.79 Å². The average Bonchev–Trinajstić information content (AvgIpc) is 2.81. The number of carbonyl (C=O) groups is 1. The lowest BCUT2D eigenvalue weighted by Gasteiger charge is -2.28. The molecule has 1 amide bonds. The molecule has 0 radical (unpaired) electrons. The van der Waals surface area contributed by atoms with E-state index in [0.29, 0.717) is 13.1 Å². The van der Waals surface area contributed by atoms with Crippen LogP contribution in [0.25, 0.3) is 0 Å². The van der Waals surface area contributed by atoms with Gasteiger partial charge >= 0.3 is 0 Å². The van der Waals surface area contributed by atoms with Gasteiger partial charge in [0.1, 0.15) is 0 Å². The molecule has 0 fully saturated rings. The second-order valence-electron chi connectivity index (χ2n) is 6.30. The Labute approximate surface area is 131 Å². The molecule has 3 nitrogen and oxygen atoms in total. The number of carbonyl (C=O) groups excluding carboxylic acids is 1. The Morgan fingerprint density at radius 3 is 2.65 bits per heavy atom. The van der Waals surface area contributed by atoms with Crippen LogP contribution in [0.4, 0.5) is 0 Å². The predicted molar refractivity (Wildman–Crippen MR) is 88.0 cm³/mol. The minimum Gasteiger partial charge on any atom is -0.340 e. The number of hydrogen-bond acceptors (Lipinski definition) is 3. The van der Waals surface area contributed by atoms with Gasteiger partial charge < -0.3 is 10.6 Å². The molecule has 0 saturated heterocycles. The van der Waals surface area contributed by atoms with E-state index < -0.39 is 0 Å².